The Morgan fingerprint density at radius 1 is 1.30 bits per heavy atom. The molecule has 2 heterocycles. The van der Waals surface area contributed by atoms with Crippen molar-refractivity contribution in [3.05, 3.63) is 54.1 Å². The van der Waals surface area contributed by atoms with E-state index in [0.29, 0.717) is 5.92 Å². The van der Waals surface area contributed by atoms with Crippen LogP contribution < -0.4 is 10.5 Å². The molecule has 1 amide bonds. The van der Waals surface area contributed by atoms with Crippen LogP contribution in [0.15, 0.2) is 53.6 Å². The van der Waals surface area contributed by atoms with Crippen LogP contribution in [0, 0.1) is 5.92 Å². The van der Waals surface area contributed by atoms with Gasteiger partial charge in [0.1, 0.15) is 10.8 Å². The summed E-state index contributed by atoms with van der Waals surface area (Å²) in [5, 5.41) is 10.0. The number of nitrogens with one attached hydrogen (secondary N) is 1. The van der Waals surface area contributed by atoms with Crippen molar-refractivity contribution in [3.63, 3.8) is 0 Å². The van der Waals surface area contributed by atoms with Gasteiger partial charge in [-0.3, -0.25) is 9.93 Å². The van der Waals surface area contributed by atoms with Crippen LogP contribution in [0.1, 0.15) is 44.7 Å². The van der Waals surface area contributed by atoms with Crippen LogP contribution >= 0.6 is 11.9 Å². The fourth-order valence-electron chi connectivity index (χ4n) is 3.94. The van der Waals surface area contributed by atoms with E-state index in [1.165, 1.54) is 5.56 Å². The number of amides is 1. The molecule has 0 radical (unpaired) electrons. The molecule has 1 aromatic heterocycles. The third-order valence-corrected chi connectivity index (χ3v) is 5.85. The minimum atomic E-state index is -0.0453. The van der Waals surface area contributed by atoms with Crippen molar-refractivity contribution in [1.82, 2.24) is 9.88 Å². The Kier molecular flexibility index (Phi) is 6.39. The maximum atomic E-state index is 11.3. The lowest BCUT2D eigenvalue weighted by molar-refractivity contribution is -0.120. The van der Waals surface area contributed by atoms with E-state index in [2.05, 4.69) is 48.4 Å². The molecule has 6 heteroatoms. The lowest BCUT2D eigenvalue weighted by atomic mass is 9.90. The van der Waals surface area contributed by atoms with Gasteiger partial charge < -0.3 is 10.2 Å². The monoisotopic (exact) mass is 384 g/mol. The number of carbonyl (C=O) groups is 1. The van der Waals surface area contributed by atoms with Crippen LogP contribution in [0.4, 0.5) is 5.82 Å². The summed E-state index contributed by atoms with van der Waals surface area (Å²) in [6.07, 6.45) is 4.09. The molecule has 0 saturated carbocycles. The van der Waals surface area contributed by atoms with Crippen LogP contribution in [0.5, 0.6) is 0 Å². The molecule has 3 rings (SSSR count). The first-order valence-electron chi connectivity index (χ1n) is 9.39. The first kappa shape index (κ1) is 19.7. The van der Waals surface area contributed by atoms with E-state index in [-0.39, 0.29) is 11.6 Å². The molecule has 1 saturated heterocycles. The second-order valence-electron chi connectivity index (χ2n) is 7.80. The number of nitrogens with zero attached hydrogens (tertiary/aromatic N) is 2. The fourth-order valence-corrected chi connectivity index (χ4v) is 4.25. The lowest BCUT2D eigenvalue weighted by Gasteiger charge is -2.27. The molecule has 2 atom stereocenters. The average molecular weight is 385 g/mol. The largest absolute Gasteiger partial charge is 0.363 e. The zero-order valence-corrected chi connectivity index (χ0v) is 16.8. The van der Waals surface area contributed by atoms with Gasteiger partial charge >= 0.3 is 0 Å². The first-order chi connectivity index (χ1) is 13.0. The number of benzene rings is 1. The van der Waals surface area contributed by atoms with E-state index < -0.39 is 0 Å². The molecule has 27 heavy (non-hydrogen) atoms. The van der Waals surface area contributed by atoms with E-state index in [1.807, 2.05) is 29.2 Å². The molecule has 1 aromatic carbocycles. The highest BCUT2D eigenvalue weighted by molar-refractivity contribution is 7.97. The van der Waals surface area contributed by atoms with Gasteiger partial charge in [-0.25, -0.2) is 4.98 Å². The predicted octanol–water partition coefficient (Wildman–Crippen LogP) is 4.24. The van der Waals surface area contributed by atoms with Gasteiger partial charge in [0.25, 0.3) is 0 Å². The second kappa shape index (κ2) is 8.76. The highest BCUT2D eigenvalue weighted by Gasteiger charge is 2.37. The summed E-state index contributed by atoms with van der Waals surface area (Å²) in [5.74, 6) is 1.36. The number of anilines is 1. The Morgan fingerprint density at radius 2 is 2.07 bits per heavy atom. The zero-order valence-electron chi connectivity index (χ0n) is 16.0. The molecule has 2 aromatic rings. The summed E-state index contributed by atoms with van der Waals surface area (Å²) in [6, 6.07) is 16.5. The van der Waals surface area contributed by atoms with E-state index in [0.717, 1.165) is 55.0 Å². The van der Waals surface area contributed by atoms with Crippen molar-refractivity contribution >= 4 is 24.2 Å². The summed E-state index contributed by atoms with van der Waals surface area (Å²) in [6.45, 7) is 5.14. The van der Waals surface area contributed by atoms with Crippen molar-refractivity contribution < 1.29 is 4.79 Å². The zero-order chi connectivity index (χ0) is 19.3. The van der Waals surface area contributed by atoms with E-state index in [1.54, 1.807) is 0 Å². The number of carbonyl (C=O) groups excluding carboxylic acids is 1. The van der Waals surface area contributed by atoms with Crippen LogP contribution in [0.2, 0.25) is 0 Å². The molecule has 0 spiro atoms. The Labute approximate surface area is 165 Å². The van der Waals surface area contributed by atoms with Crippen molar-refractivity contribution in [2.75, 3.05) is 11.9 Å². The fraction of sp³-hybridized carbons (Fsp3) is 0.429. The summed E-state index contributed by atoms with van der Waals surface area (Å²) in [7, 11) is 0. The van der Waals surface area contributed by atoms with Gasteiger partial charge in [-0.2, -0.15) is 0 Å². The number of likely N-dealkylation sites (tertiary alicyclic amines) is 1. The van der Waals surface area contributed by atoms with E-state index >= 15 is 0 Å². The van der Waals surface area contributed by atoms with Crippen LogP contribution in [-0.4, -0.2) is 28.4 Å². The number of hydrogen-bond acceptors (Lipinski definition) is 5. The number of pyridine rings is 1. The highest BCUT2D eigenvalue weighted by Crippen LogP contribution is 2.36. The van der Waals surface area contributed by atoms with Crippen molar-refractivity contribution in [1.29, 1.82) is 0 Å². The molecule has 2 unspecified atom stereocenters. The Balaban J connectivity index is 1.70. The SMILES string of the molecule is CC1(C)CC(CCC(Nc2cccc(SN)n2)c2ccccc2)CN1C=O. The van der Waals surface area contributed by atoms with Crippen LogP contribution in [0.25, 0.3) is 0 Å². The Morgan fingerprint density at radius 3 is 2.74 bits per heavy atom. The Bertz CT molecular complexity index is 753. The molecule has 3 N–H and O–H groups in total. The first-order valence-corrected chi connectivity index (χ1v) is 10.3. The van der Waals surface area contributed by atoms with Gasteiger partial charge in [0.2, 0.25) is 6.41 Å². The second-order valence-corrected chi connectivity index (χ2v) is 8.46. The van der Waals surface area contributed by atoms with Crippen LogP contribution in [-0.2, 0) is 4.79 Å². The van der Waals surface area contributed by atoms with Gasteiger partial charge in [0.15, 0.2) is 0 Å². The average Bonchev–Trinajstić information content (AvgIpc) is 2.99. The number of rotatable bonds is 8. The smallest absolute Gasteiger partial charge is 0.210 e. The standard InChI is InChI=1S/C21H28N4OS/c1-21(2)13-16(14-25(21)15-26)11-12-18(17-7-4-3-5-8-17)23-19-9-6-10-20(24-19)27-22/h3-10,15-16,18H,11-14,22H2,1-2H3,(H,23,24). The number of aromatic nitrogens is 1. The number of nitrogens with two attached hydrogens (primary N) is 1. The van der Waals surface area contributed by atoms with Gasteiger partial charge in [0, 0.05) is 12.1 Å². The lowest BCUT2D eigenvalue weighted by Crippen LogP contribution is -2.36. The molecule has 1 fully saturated rings. The van der Waals surface area contributed by atoms with E-state index in [9.17, 15) is 4.79 Å². The predicted molar refractivity (Wildman–Crippen MR) is 111 cm³/mol. The van der Waals surface area contributed by atoms with E-state index in [4.69, 9.17) is 5.14 Å². The molecule has 144 valence electrons. The minimum absolute atomic E-state index is 0.0453. The normalized spacial score (nSPS) is 19.7. The Hall–Kier alpha value is -2.05. The third-order valence-electron chi connectivity index (χ3n) is 5.38. The van der Waals surface area contributed by atoms with Gasteiger partial charge in [-0.05, 0) is 68.7 Å². The quantitative estimate of drug-likeness (QED) is 0.526. The molecular weight excluding hydrogens is 356 g/mol. The summed E-state index contributed by atoms with van der Waals surface area (Å²) in [5.41, 5.74) is 1.20. The van der Waals surface area contributed by atoms with Gasteiger partial charge in [0.05, 0.1) is 6.04 Å². The maximum absolute atomic E-state index is 11.3. The van der Waals surface area contributed by atoms with Crippen molar-refractivity contribution in [2.45, 2.75) is 49.7 Å². The molecule has 1 aliphatic heterocycles. The molecule has 0 bridgehead atoms. The van der Waals surface area contributed by atoms with Crippen molar-refractivity contribution in [3.8, 4) is 0 Å². The molecule has 1 aliphatic rings. The topological polar surface area (TPSA) is 71.2 Å². The maximum Gasteiger partial charge on any atom is 0.210 e. The molecule has 0 aliphatic carbocycles. The van der Waals surface area contributed by atoms with Crippen LogP contribution in [0.3, 0.4) is 0 Å². The third kappa shape index (κ3) is 5.02. The molecular formula is C21H28N4OS. The molecule has 5 nitrogen and oxygen atoms in total. The summed E-state index contributed by atoms with van der Waals surface area (Å²) < 4.78 is 0. The van der Waals surface area contributed by atoms with Gasteiger partial charge in [-0.15, -0.1) is 0 Å². The van der Waals surface area contributed by atoms with Gasteiger partial charge in [-0.1, -0.05) is 36.4 Å². The number of hydrogen-bond donors (Lipinski definition) is 2. The van der Waals surface area contributed by atoms with Crippen molar-refractivity contribution in [2.24, 2.45) is 11.1 Å². The highest BCUT2D eigenvalue weighted by atomic mass is 32.2. The summed E-state index contributed by atoms with van der Waals surface area (Å²) >= 11 is 1.15. The minimum Gasteiger partial charge on any atom is -0.363 e. The summed E-state index contributed by atoms with van der Waals surface area (Å²) in [4.78, 5) is 17.8.